The molecule has 1 aromatic heterocycles. The van der Waals surface area contributed by atoms with Gasteiger partial charge in [0.15, 0.2) is 0 Å². The van der Waals surface area contributed by atoms with Crippen molar-refractivity contribution in [2.24, 2.45) is 0 Å². The molecule has 0 aliphatic carbocycles. The van der Waals surface area contributed by atoms with Crippen LogP contribution in [0.25, 0.3) is 11.0 Å². The van der Waals surface area contributed by atoms with Crippen LogP contribution in [0.1, 0.15) is 36.7 Å². The molecule has 0 radical (unpaired) electrons. The Balaban J connectivity index is 1.80. The molecule has 0 bridgehead atoms. The van der Waals surface area contributed by atoms with Crippen LogP contribution in [-0.4, -0.2) is 9.97 Å². The third-order valence-corrected chi connectivity index (χ3v) is 3.59. The van der Waals surface area contributed by atoms with E-state index in [-0.39, 0.29) is 0 Å². The fourth-order valence-electron chi connectivity index (χ4n) is 2.48. The summed E-state index contributed by atoms with van der Waals surface area (Å²) in [6.07, 6.45) is 0. The molecule has 3 nitrogen and oxygen atoms in total. The van der Waals surface area contributed by atoms with E-state index in [0.29, 0.717) is 12.5 Å². The lowest BCUT2D eigenvalue weighted by Crippen LogP contribution is -2.01. The summed E-state index contributed by atoms with van der Waals surface area (Å²) < 4.78 is 5.95. The molecule has 1 heterocycles. The molecule has 0 saturated carbocycles. The number of fused-ring (bicyclic) bond motifs is 1. The maximum atomic E-state index is 5.95. The first-order chi connectivity index (χ1) is 10.1. The summed E-state index contributed by atoms with van der Waals surface area (Å²) >= 11 is 0. The second-order valence-corrected chi connectivity index (χ2v) is 5.69. The van der Waals surface area contributed by atoms with E-state index in [0.717, 1.165) is 22.6 Å². The van der Waals surface area contributed by atoms with Gasteiger partial charge in [-0.25, -0.2) is 4.98 Å². The first-order valence-corrected chi connectivity index (χ1v) is 7.30. The lowest BCUT2D eigenvalue weighted by atomic mass is 10.0. The number of H-pyrrole nitrogens is 1. The number of para-hydroxylation sites is 1. The van der Waals surface area contributed by atoms with E-state index in [1.807, 2.05) is 24.3 Å². The summed E-state index contributed by atoms with van der Waals surface area (Å²) in [4.78, 5) is 7.88. The van der Waals surface area contributed by atoms with E-state index in [4.69, 9.17) is 4.74 Å². The smallest absolute Gasteiger partial charge is 0.146 e. The summed E-state index contributed by atoms with van der Waals surface area (Å²) in [5.74, 6) is 2.23. The van der Waals surface area contributed by atoms with Crippen molar-refractivity contribution in [3.63, 3.8) is 0 Å². The lowest BCUT2D eigenvalue weighted by molar-refractivity contribution is 0.293. The van der Waals surface area contributed by atoms with Gasteiger partial charge in [0.25, 0.3) is 0 Å². The Bertz CT molecular complexity index is 759. The maximum absolute atomic E-state index is 5.95. The fraction of sp³-hybridized carbons (Fsp3) is 0.278. The number of hydrogen-bond donors (Lipinski definition) is 1. The Hall–Kier alpha value is -2.29. The van der Waals surface area contributed by atoms with Gasteiger partial charge < -0.3 is 9.72 Å². The molecule has 3 heteroatoms. The maximum Gasteiger partial charge on any atom is 0.146 e. The van der Waals surface area contributed by atoms with Crippen LogP contribution in [0, 0.1) is 6.92 Å². The average Bonchev–Trinajstić information content (AvgIpc) is 2.87. The highest BCUT2D eigenvalue weighted by Crippen LogP contribution is 2.26. The number of aromatic nitrogens is 2. The number of aromatic amines is 1. The Kier molecular flexibility index (Phi) is 3.65. The third kappa shape index (κ3) is 2.92. The standard InChI is InChI=1S/C18H20N2O/c1-12(2)14-6-4-5-7-17(14)21-11-18-19-15-9-8-13(3)10-16(15)20-18/h4-10,12H,11H2,1-3H3,(H,19,20). The average molecular weight is 280 g/mol. The van der Waals surface area contributed by atoms with Crippen molar-refractivity contribution >= 4 is 11.0 Å². The van der Waals surface area contributed by atoms with Gasteiger partial charge in [0.2, 0.25) is 0 Å². The zero-order valence-corrected chi connectivity index (χ0v) is 12.7. The number of hydrogen-bond acceptors (Lipinski definition) is 2. The van der Waals surface area contributed by atoms with Gasteiger partial charge in [0, 0.05) is 0 Å². The molecule has 0 aliphatic rings. The van der Waals surface area contributed by atoms with Crippen LogP contribution < -0.4 is 4.74 Å². The van der Waals surface area contributed by atoms with E-state index in [1.54, 1.807) is 0 Å². The monoisotopic (exact) mass is 280 g/mol. The lowest BCUT2D eigenvalue weighted by Gasteiger charge is -2.12. The highest BCUT2D eigenvalue weighted by molar-refractivity contribution is 5.75. The predicted molar refractivity (Wildman–Crippen MR) is 85.7 cm³/mol. The predicted octanol–water partition coefficient (Wildman–Crippen LogP) is 4.57. The van der Waals surface area contributed by atoms with Crippen molar-refractivity contribution in [3.05, 3.63) is 59.4 Å². The minimum atomic E-state index is 0.444. The summed E-state index contributed by atoms with van der Waals surface area (Å²) in [7, 11) is 0. The molecular weight excluding hydrogens is 260 g/mol. The molecule has 21 heavy (non-hydrogen) atoms. The number of aryl methyl sites for hydroxylation is 1. The number of nitrogens with one attached hydrogen (secondary N) is 1. The molecule has 3 aromatic rings. The number of nitrogens with zero attached hydrogens (tertiary/aromatic N) is 1. The van der Waals surface area contributed by atoms with Crippen LogP contribution in [0.2, 0.25) is 0 Å². The van der Waals surface area contributed by atoms with Crippen LogP contribution in [0.4, 0.5) is 0 Å². The largest absolute Gasteiger partial charge is 0.485 e. The van der Waals surface area contributed by atoms with Crippen LogP contribution >= 0.6 is 0 Å². The number of benzene rings is 2. The van der Waals surface area contributed by atoms with Gasteiger partial charge in [-0.1, -0.05) is 38.1 Å². The molecule has 0 saturated heterocycles. The SMILES string of the molecule is Cc1ccc2nc(COc3ccccc3C(C)C)[nH]c2c1. The van der Waals surface area contributed by atoms with Gasteiger partial charge in [0.1, 0.15) is 18.2 Å². The quantitative estimate of drug-likeness (QED) is 0.760. The molecule has 0 atom stereocenters. The second kappa shape index (κ2) is 5.60. The minimum absolute atomic E-state index is 0.444. The van der Waals surface area contributed by atoms with Gasteiger partial charge in [-0.15, -0.1) is 0 Å². The van der Waals surface area contributed by atoms with E-state index in [2.05, 4.69) is 48.9 Å². The zero-order valence-electron chi connectivity index (χ0n) is 12.7. The molecule has 108 valence electrons. The van der Waals surface area contributed by atoms with Gasteiger partial charge in [0.05, 0.1) is 11.0 Å². The molecule has 1 N–H and O–H groups in total. The highest BCUT2D eigenvalue weighted by Gasteiger charge is 2.08. The number of ether oxygens (including phenoxy) is 1. The van der Waals surface area contributed by atoms with Crippen molar-refractivity contribution in [2.45, 2.75) is 33.3 Å². The van der Waals surface area contributed by atoms with E-state index < -0.39 is 0 Å². The normalized spacial score (nSPS) is 11.2. The molecule has 0 unspecified atom stereocenters. The van der Waals surface area contributed by atoms with Crippen LogP contribution in [0.5, 0.6) is 5.75 Å². The first kappa shape index (κ1) is 13.7. The van der Waals surface area contributed by atoms with Crippen molar-refractivity contribution in [3.8, 4) is 5.75 Å². The topological polar surface area (TPSA) is 37.9 Å². The number of rotatable bonds is 4. The van der Waals surface area contributed by atoms with Crippen molar-refractivity contribution in [1.82, 2.24) is 9.97 Å². The Morgan fingerprint density at radius 2 is 1.95 bits per heavy atom. The summed E-state index contributed by atoms with van der Waals surface area (Å²) in [5.41, 5.74) is 4.50. The zero-order chi connectivity index (χ0) is 14.8. The Labute approximate surface area is 125 Å². The van der Waals surface area contributed by atoms with Gasteiger partial charge in [-0.3, -0.25) is 0 Å². The third-order valence-electron chi connectivity index (χ3n) is 3.59. The van der Waals surface area contributed by atoms with Gasteiger partial charge >= 0.3 is 0 Å². The molecular formula is C18H20N2O. The van der Waals surface area contributed by atoms with E-state index >= 15 is 0 Å². The molecule has 0 fully saturated rings. The summed E-state index contributed by atoms with van der Waals surface area (Å²) in [5, 5.41) is 0. The van der Waals surface area contributed by atoms with Crippen LogP contribution in [0.15, 0.2) is 42.5 Å². The van der Waals surface area contributed by atoms with Crippen molar-refractivity contribution < 1.29 is 4.74 Å². The van der Waals surface area contributed by atoms with E-state index in [1.165, 1.54) is 11.1 Å². The van der Waals surface area contributed by atoms with Gasteiger partial charge in [-0.2, -0.15) is 0 Å². The molecule has 0 aliphatic heterocycles. The molecule has 2 aromatic carbocycles. The van der Waals surface area contributed by atoms with Gasteiger partial charge in [-0.05, 0) is 42.2 Å². The summed E-state index contributed by atoms with van der Waals surface area (Å²) in [6.45, 7) is 6.88. The molecule has 0 amide bonds. The molecule has 3 rings (SSSR count). The minimum Gasteiger partial charge on any atom is -0.485 e. The van der Waals surface area contributed by atoms with Crippen molar-refractivity contribution in [2.75, 3.05) is 0 Å². The Morgan fingerprint density at radius 3 is 2.76 bits per heavy atom. The second-order valence-electron chi connectivity index (χ2n) is 5.69. The summed E-state index contributed by atoms with van der Waals surface area (Å²) in [6, 6.07) is 14.4. The molecule has 0 spiro atoms. The van der Waals surface area contributed by atoms with Crippen LogP contribution in [0.3, 0.4) is 0 Å². The number of imidazole rings is 1. The van der Waals surface area contributed by atoms with E-state index in [9.17, 15) is 0 Å². The Morgan fingerprint density at radius 1 is 1.14 bits per heavy atom. The first-order valence-electron chi connectivity index (χ1n) is 7.30. The fourth-order valence-corrected chi connectivity index (χ4v) is 2.48. The van der Waals surface area contributed by atoms with Crippen LogP contribution in [-0.2, 0) is 6.61 Å². The highest BCUT2D eigenvalue weighted by atomic mass is 16.5. The van der Waals surface area contributed by atoms with Crippen molar-refractivity contribution in [1.29, 1.82) is 0 Å².